The minimum Gasteiger partial charge on any atom is -0.460 e. The quantitative estimate of drug-likeness (QED) is 0.548. The van der Waals surface area contributed by atoms with Crippen LogP contribution in [0.4, 0.5) is 0 Å². The second-order valence-electron chi connectivity index (χ2n) is 7.34. The normalized spacial score (nSPS) is 11.2. The highest BCUT2D eigenvalue weighted by molar-refractivity contribution is 5.96. The fourth-order valence-corrected chi connectivity index (χ4v) is 3.36. The number of carbonyl (C=O) groups is 2. The first-order valence-electron chi connectivity index (χ1n) is 10.3. The Bertz CT molecular complexity index is 1050. The van der Waals surface area contributed by atoms with Crippen molar-refractivity contribution >= 4 is 28.9 Å². The molecule has 30 heavy (non-hydrogen) atoms. The van der Waals surface area contributed by atoms with Crippen LogP contribution in [0.1, 0.15) is 47.0 Å². The van der Waals surface area contributed by atoms with Crippen LogP contribution in [0.25, 0.3) is 17.0 Å². The topological polar surface area (TPSA) is 62.6 Å². The second kappa shape index (κ2) is 9.92. The third-order valence-corrected chi connectivity index (χ3v) is 5.10. The third kappa shape index (κ3) is 4.98. The molecule has 0 bridgehead atoms. The highest BCUT2D eigenvalue weighted by Crippen LogP contribution is 2.28. The van der Waals surface area contributed by atoms with Gasteiger partial charge in [0, 0.05) is 49.7 Å². The molecule has 2 aromatic carbocycles. The first-order chi connectivity index (χ1) is 14.5. The van der Waals surface area contributed by atoms with E-state index < -0.39 is 0 Å². The lowest BCUT2D eigenvalue weighted by Gasteiger charge is -2.15. The van der Waals surface area contributed by atoms with E-state index in [0.717, 1.165) is 47.1 Å². The Morgan fingerprint density at radius 2 is 1.83 bits per heavy atom. The Balaban J connectivity index is 1.72. The maximum atomic E-state index is 12.7. The molecule has 0 radical (unpaired) electrons. The summed E-state index contributed by atoms with van der Waals surface area (Å²) >= 11 is 0. The van der Waals surface area contributed by atoms with Crippen molar-refractivity contribution in [3.8, 4) is 0 Å². The highest BCUT2D eigenvalue weighted by Gasteiger charge is 2.13. The van der Waals surface area contributed by atoms with Crippen molar-refractivity contribution in [1.82, 2.24) is 10.2 Å². The summed E-state index contributed by atoms with van der Waals surface area (Å²) in [5.41, 5.74) is 3.39. The molecule has 0 spiro atoms. The van der Waals surface area contributed by atoms with E-state index >= 15 is 0 Å². The minimum absolute atomic E-state index is 0.0860. The molecule has 0 aliphatic rings. The number of rotatable bonds is 8. The van der Waals surface area contributed by atoms with E-state index in [1.54, 1.807) is 37.2 Å². The molecule has 5 heteroatoms. The molecule has 3 rings (SSSR count). The molecule has 0 aliphatic carbocycles. The molecule has 156 valence electrons. The van der Waals surface area contributed by atoms with Crippen LogP contribution in [0.3, 0.4) is 0 Å². The molecule has 3 aromatic rings. The largest absolute Gasteiger partial charge is 0.460 e. The molecule has 0 unspecified atom stereocenters. The number of carbonyl (C=O) groups excluding carboxylic acids is 2. The van der Waals surface area contributed by atoms with Crippen molar-refractivity contribution in [3.63, 3.8) is 0 Å². The lowest BCUT2D eigenvalue weighted by Crippen LogP contribution is -2.24. The van der Waals surface area contributed by atoms with Crippen LogP contribution in [-0.2, 0) is 17.8 Å². The molecule has 0 saturated heterocycles. The van der Waals surface area contributed by atoms with Crippen LogP contribution in [0.15, 0.2) is 59.0 Å². The van der Waals surface area contributed by atoms with Gasteiger partial charge in [-0.15, -0.1) is 0 Å². The summed E-state index contributed by atoms with van der Waals surface area (Å²) in [6, 6.07) is 15.2. The van der Waals surface area contributed by atoms with Crippen LogP contribution in [0.2, 0.25) is 0 Å². The number of fused-ring (bicyclic) bond motifs is 1. The van der Waals surface area contributed by atoms with Gasteiger partial charge in [-0.1, -0.05) is 43.7 Å². The maximum Gasteiger partial charge on any atom is 0.251 e. The van der Waals surface area contributed by atoms with E-state index in [1.165, 1.54) is 0 Å². The van der Waals surface area contributed by atoms with Gasteiger partial charge in [-0.05, 0) is 36.3 Å². The third-order valence-electron chi connectivity index (χ3n) is 5.10. The highest BCUT2D eigenvalue weighted by atomic mass is 16.3. The van der Waals surface area contributed by atoms with Crippen LogP contribution < -0.4 is 5.32 Å². The number of hydrogen-bond acceptors (Lipinski definition) is 3. The molecule has 1 heterocycles. The van der Waals surface area contributed by atoms with Gasteiger partial charge >= 0.3 is 0 Å². The predicted octanol–water partition coefficient (Wildman–Crippen LogP) is 4.81. The molecular formula is C25H28N2O3. The Morgan fingerprint density at radius 3 is 2.53 bits per heavy atom. The fraction of sp³-hybridized carbons (Fsp3) is 0.280. The monoisotopic (exact) mass is 404 g/mol. The fourth-order valence-electron chi connectivity index (χ4n) is 3.36. The molecule has 0 atom stereocenters. The van der Waals surface area contributed by atoms with Crippen LogP contribution >= 0.6 is 0 Å². The summed E-state index contributed by atoms with van der Waals surface area (Å²) in [6.07, 6.45) is 6.45. The van der Waals surface area contributed by atoms with Gasteiger partial charge in [0.25, 0.3) is 5.91 Å². The molecular weight excluding hydrogens is 376 g/mol. The number of likely N-dealkylation sites (N-methyl/N-ethyl adjacent to an activating group) is 1. The van der Waals surface area contributed by atoms with Crippen molar-refractivity contribution in [2.24, 2.45) is 0 Å². The lowest BCUT2D eigenvalue weighted by molar-refractivity contribution is -0.125. The zero-order valence-corrected chi connectivity index (χ0v) is 17.8. The minimum atomic E-state index is -0.125. The molecule has 0 aliphatic heterocycles. The second-order valence-corrected chi connectivity index (χ2v) is 7.34. The van der Waals surface area contributed by atoms with Gasteiger partial charge < -0.3 is 14.6 Å². The standard InChI is InChI=1S/C25H28N2O3/c1-4-5-9-22-21(20-8-6-7-10-23(20)30-22)15-16-24(28)27(3)17-18-11-13-19(14-12-18)25(29)26-2/h6-8,10-16H,4-5,9,17H2,1-3H3,(H,26,29)/b16-15+. The van der Waals surface area contributed by atoms with Gasteiger partial charge in [-0.25, -0.2) is 0 Å². The summed E-state index contributed by atoms with van der Waals surface area (Å²) in [4.78, 5) is 26.0. The van der Waals surface area contributed by atoms with Crippen molar-refractivity contribution in [3.05, 3.63) is 77.1 Å². The molecule has 2 amide bonds. The summed E-state index contributed by atoms with van der Waals surface area (Å²) in [5, 5.41) is 3.63. The van der Waals surface area contributed by atoms with Gasteiger partial charge in [0.15, 0.2) is 0 Å². The number of nitrogens with one attached hydrogen (secondary N) is 1. The Labute approximate surface area is 177 Å². The van der Waals surface area contributed by atoms with E-state index in [0.29, 0.717) is 12.1 Å². The van der Waals surface area contributed by atoms with Crippen molar-refractivity contribution in [2.45, 2.75) is 32.7 Å². The average molecular weight is 405 g/mol. The molecule has 5 nitrogen and oxygen atoms in total. The zero-order chi connectivity index (χ0) is 21.5. The lowest BCUT2D eigenvalue weighted by atomic mass is 10.1. The van der Waals surface area contributed by atoms with Gasteiger partial charge in [0.05, 0.1) is 0 Å². The van der Waals surface area contributed by atoms with Gasteiger partial charge in [0.1, 0.15) is 11.3 Å². The smallest absolute Gasteiger partial charge is 0.251 e. The van der Waals surface area contributed by atoms with E-state index in [1.807, 2.05) is 42.5 Å². The summed E-state index contributed by atoms with van der Waals surface area (Å²) in [7, 11) is 3.37. The van der Waals surface area contributed by atoms with Crippen LogP contribution in [-0.4, -0.2) is 30.8 Å². The van der Waals surface area contributed by atoms with Crippen molar-refractivity contribution in [2.75, 3.05) is 14.1 Å². The Hall–Kier alpha value is -3.34. The molecule has 0 saturated carbocycles. The number of aryl methyl sites for hydroxylation is 1. The number of para-hydroxylation sites is 1. The molecule has 1 aromatic heterocycles. The number of nitrogens with zero attached hydrogens (tertiary/aromatic N) is 1. The number of hydrogen-bond donors (Lipinski definition) is 1. The van der Waals surface area contributed by atoms with Crippen molar-refractivity contribution in [1.29, 1.82) is 0 Å². The number of unbranched alkanes of at least 4 members (excludes halogenated alkanes) is 1. The SMILES string of the molecule is CCCCc1oc2ccccc2c1/C=C/C(=O)N(C)Cc1ccc(C(=O)NC)cc1. The molecule has 1 N–H and O–H groups in total. The first-order valence-corrected chi connectivity index (χ1v) is 10.3. The summed E-state index contributed by atoms with van der Waals surface area (Å²) in [5.74, 6) is 0.715. The number of amides is 2. The average Bonchev–Trinajstić information content (AvgIpc) is 3.13. The van der Waals surface area contributed by atoms with Crippen LogP contribution in [0.5, 0.6) is 0 Å². The number of benzene rings is 2. The van der Waals surface area contributed by atoms with E-state index in [4.69, 9.17) is 4.42 Å². The first kappa shape index (κ1) is 21.4. The van der Waals surface area contributed by atoms with Gasteiger partial charge in [-0.3, -0.25) is 9.59 Å². The molecule has 0 fully saturated rings. The Morgan fingerprint density at radius 1 is 1.10 bits per heavy atom. The van der Waals surface area contributed by atoms with Gasteiger partial charge in [0.2, 0.25) is 5.91 Å². The Kier molecular flexibility index (Phi) is 7.07. The van der Waals surface area contributed by atoms with E-state index in [9.17, 15) is 9.59 Å². The predicted molar refractivity (Wildman–Crippen MR) is 120 cm³/mol. The van der Waals surface area contributed by atoms with Crippen LogP contribution in [0, 0.1) is 0 Å². The van der Waals surface area contributed by atoms with Gasteiger partial charge in [-0.2, -0.15) is 0 Å². The summed E-state index contributed by atoms with van der Waals surface area (Å²) < 4.78 is 6.02. The zero-order valence-electron chi connectivity index (χ0n) is 17.8. The van der Waals surface area contributed by atoms with E-state index in [2.05, 4.69) is 12.2 Å². The van der Waals surface area contributed by atoms with Crippen molar-refractivity contribution < 1.29 is 14.0 Å². The van der Waals surface area contributed by atoms with E-state index in [-0.39, 0.29) is 11.8 Å². The maximum absolute atomic E-state index is 12.7. The summed E-state index contributed by atoms with van der Waals surface area (Å²) in [6.45, 7) is 2.61. The number of furan rings is 1.